The first kappa shape index (κ1) is 12.0. The molecule has 0 radical (unpaired) electrons. The lowest BCUT2D eigenvalue weighted by Gasteiger charge is -2.08. The minimum Gasteiger partial charge on any atom is -0.326 e. The smallest absolute Gasteiger partial charge is 0.225 e. The molecule has 1 amide bonds. The van der Waals surface area contributed by atoms with Crippen molar-refractivity contribution in [2.45, 2.75) is 13.3 Å². The summed E-state index contributed by atoms with van der Waals surface area (Å²) in [5.74, 6) is 0.0481. The minimum absolute atomic E-state index is 0.0481. The van der Waals surface area contributed by atoms with E-state index in [1.54, 1.807) is 0 Å². The second-order valence-corrected chi connectivity index (χ2v) is 4.85. The highest BCUT2D eigenvalue weighted by Gasteiger charge is 2.05. The predicted molar refractivity (Wildman–Crippen MR) is 70.9 cm³/mol. The maximum absolute atomic E-state index is 11.3. The Balaban J connectivity index is 2.76. The van der Waals surface area contributed by atoms with E-state index in [0.717, 1.165) is 11.3 Å². The molecule has 0 saturated carbocycles. The van der Waals surface area contributed by atoms with Gasteiger partial charge < -0.3 is 5.32 Å². The predicted octanol–water partition coefficient (Wildman–Crippen LogP) is 3.32. The van der Waals surface area contributed by atoms with E-state index in [2.05, 4.69) is 43.8 Å². The molecule has 0 spiro atoms. The van der Waals surface area contributed by atoms with Gasteiger partial charge in [-0.05, 0) is 47.2 Å². The van der Waals surface area contributed by atoms with Gasteiger partial charge in [-0.3, -0.25) is 4.79 Å². The molecular formula is C10H11BrINO. The van der Waals surface area contributed by atoms with Crippen molar-refractivity contribution >= 4 is 50.1 Å². The number of alkyl halides is 1. The van der Waals surface area contributed by atoms with E-state index in [1.807, 2.05) is 25.1 Å². The Hall–Kier alpha value is -0.100. The first-order chi connectivity index (χ1) is 6.65. The van der Waals surface area contributed by atoms with Crippen LogP contribution in [0.5, 0.6) is 0 Å². The quantitative estimate of drug-likeness (QED) is 0.644. The van der Waals surface area contributed by atoms with Crippen molar-refractivity contribution in [3.8, 4) is 0 Å². The van der Waals surface area contributed by atoms with Crippen molar-refractivity contribution in [3.63, 3.8) is 0 Å². The van der Waals surface area contributed by atoms with E-state index in [1.165, 1.54) is 3.57 Å². The van der Waals surface area contributed by atoms with Crippen molar-refractivity contribution in [3.05, 3.63) is 27.3 Å². The van der Waals surface area contributed by atoms with E-state index < -0.39 is 0 Å². The summed E-state index contributed by atoms with van der Waals surface area (Å²) in [7, 11) is 0. The van der Waals surface area contributed by atoms with Crippen molar-refractivity contribution in [2.24, 2.45) is 0 Å². The number of carbonyl (C=O) groups excluding carboxylic acids is 1. The lowest BCUT2D eigenvalue weighted by atomic mass is 10.2. The molecule has 0 saturated heterocycles. The van der Waals surface area contributed by atoms with Crippen LogP contribution in [0.15, 0.2) is 18.2 Å². The third kappa shape index (κ3) is 3.24. The van der Waals surface area contributed by atoms with Gasteiger partial charge >= 0.3 is 0 Å². The highest BCUT2D eigenvalue weighted by molar-refractivity contribution is 14.1. The summed E-state index contributed by atoms with van der Waals surface area (Å²) in [6.07, 6.45) is 0.505. The highest BCUT2D eigenvalue weighted by atomic mass is 127. The molecule has 14 heavy (non-hydrogen) atoms. The third-order valence-electron chi connectivity index (χ3n) is 1.86. The Kier molecular flexibility index (Phi) is 4.88. The van der Waals surface area contributed by atoms with Crippen LogP contribution in [-0.4, -0.2) is 11.2 Å². The zero-order valence-corrected chi connectivity index (χ0v) is 11.6. The molecule has 0 aliphatic carbocycles. The van der Waals surface area contributed by atoms with Crippen molar-refractivity contribution in [1.29, 1.82) is 0 Å². The standard InChI is InChI=1S/C10H11BrINO/c1-7-8(12)3-2-4-9(7)13-10(14)5-6-11/h2-4H,5-6H2,1H3,(H,13,14). The Morgan fingerprint density at radius 3 is 2.93 bits per heavy atom. The molecule has 0 unspecified atom stereocenters. The first-order valence-corrected chi connectivity index (χ1v) is 6.46. The zero-order valence-electron chi connectivity index (χ0n) is 7.81. The molecule has 0 aliphatic heterocycles. The van der Waals surface area contributed by atoms with Crippen LogP contribution >= 0.6 is 38.5 Å². The Bertz CT molecular complexity index is 341. The van der Waals surface area contributed by atoms with Gasteiger partial charge in [-0.1, -0.05) is 22.0 Å². The number of hydrogen-bond donors (Lipinski definition) is 1. The lowest BCUT2D eigenvalue weighted by Crippen LogP contribution is -2.12. The van der Waals surface area contributed by atoms with Crippen molar-refractivity contribution in [2.75, 3.05) is 10.6 Å². The van der Waals surface area contributed by atoms with E-state index in [-0.39, 0.29) is 5.91 Å². The van der Waals surface area contributed by atoms with Crippen LogP contribution in [0.3, 0.4) is 0 Å². The van der Waals surface area contributed by atoms with E-state index >= 15 is 0 Å². The molecule has 0 bridgehead atoms. The fraction of sp³-hybridized carbons (Fsp3) is 0.300. The number of benzene rings is 1. The van der Waals surface area contributed by atoms with Crippen LogP contribution in [0.25, 0.3) is 0 Å². The summed E-state index contributed by atoms with van der Waals surface area (Å²) in [5.41, 5.74) is 2.03. The molecule has 4 heteroatoms. The van der Waals surface area contributed by atoms with E-state index in [4.69, 9.17) is 0 Å². The van der Waals surface area contributed by atoms with Gasteiger partial charge in [0.1, 0.15) is 0 Å². The molecule has 0 atom stereocenters. The summed E-state index contributed by atoms with van der Waals surface area (Å²) < 4.78 is 1.17. The van der Waals surface area contributed by atoms with Crippen LogP contribution < -0.4 is 5.32 Å². The normalized spacial score (nSPS) is 9.93. The molecular weight excluding hydrogens is 357 g/mol. The van der Waals surface area contributed by atoms with E-state index in [0.29, 0.717) is 11.8 Å². The van der Waals surface area contributed by atoms with Crippen LogP contribution in [0.2, 0.25) is 0 Å². The van der Waals surface area contributed by atoms with Crippen molar-refractivity contribution < 1.29 is 4.79 Å². The zero-order chi connectivity index (χ0) is 10.6. The molecule has 1 aromatic carbocycles. The number of halogens is 2. The Morgan fingerprint density at radius 1 is 1.57 bits per heavy atom. The summed E-state index contributed by atoms with van der Waals surface area (Å²) >= 11 is 5.49. The number of nitrogens with one attached hydrogen (secondary N) is 1. The van der Waals surface area contributed by atoms with Gasteiger partial charge in [0.2, 0.25) is 5.91 Å². The molecule has 1 N–H and O–H groups in total. The molecule has 76 valence electrons. The second-order valence-electron chi connectivity index (χ2n) is 2.90. The molecule has 0 fully saturated rings. The van der Waals surface area contributed by atoms with Gasteiger partial charge in [0.15, 0.2) is 0 Å². The largest absolute Gasteiger partial charge is 0.326 e. The minimum atomic E-state index is 0.0481. The fourth-order valence-electron chi connectivity index (χ4n) is 1.04. The first-order valence-electron chi connectivity index (χ1n) is 4.26. The van der Waals surface area contributed by atoms with Gasteiger partial charge in [-0.15, -0.1) is 0 Å². The average Bonchev–Trinajstić information content (AvgIpc) is 2.13. The molecule has 2 nitrogen and oxygen atoms in total. The monoisotopic (exact) mass is 367 g/mol. The SMILES string of the molecule is Cc1c(I)cccc1NC(=O)CCBr. The second kappa shape index (κ2) is 5.70. The third-order valence-corrected chi connectivity index (χ3v) is 3.43. The number of anilines is 1. The molecule has 0 aromatic heterocycles. The Labute approximate surface area is 106 Å². The van der Waals surface area contributed by atoms with Gasteiger partial charge in [0.25, 0.3) is 0 Å². The molecule has 1 rings (SSSR count). The average molecular weight is 368 g/mol. The maximum atomic E-state index is 11.3. The summed E-state index contributed by atoms with van der Waals surface area (Å²) in [5, 5.41) is 3.57. The molecule has 1 aromatic rings. The summed E-state index contributed by atoms with van der Waals surface area (Å²) in [6, 6.07) is 5.89. The number of carbonyl (C=O) groups is 1. The maximum Gasteiger partial charge on any atom is 0.225 e. The van der Waals surface area contributed by atoms with Gasteiger partial charge in [-0.2, -0.15) is 0 Å². The van der Waals surface area contributed by atoms with Crippen LogP contribution in [0, 0.1) is 10.5 Å². The molecule has 0 aliphatic rings. The molecule has 0 heterocycles. The topological polar surface area (TPSA) is 29.1 Å². The number of amides is 1. The van der Waals surface area contributed by atoms with Crippen LogP contribution in [0.1, 0.15) is 12.0 Å². The lowest BCUT2D eigenvalue weighted by molar-refractivity contribution is -0.115. The highest BCUT2D eigenvalue weighted by Crippen LogP contribution is 2.20. The van der Waals surface area contributed by atoms with Crippen LogP contribution in [-0.2, 0) is 4.79 Å². The summed E-state index contributed by atoms with van der Waals surface area (Å²) in [4.78, 5) is 11.3. The Morgan fingerprint density at radius 2 is 2.29 bits per heavy atom. The number of rotatable bonds is 3. The van der Waals surface area contributed by atoms with Crippen molar-refractivity contribution in [1.82, 2.24) is 0 Å². The number of hydrogen-bond acceptors (Lipinski definition) is 1. The van der Waals surface area contributed by atoms with Crippen LogP contribution in [0.4, 0.5) is 5.69 Å². The summed E-state index contributed by atoms with van der Waals surface area (Å²) in [6.45, 7) is 2.01. The van der Waals surface area contributed by atoms with Gasteiger partial charge in [0.05, 0.1) is 0 Å². The fourth-order valence-corrected chi connectivity index (χ4v) is 1.90. The van der Waals surface area contributed by atoms with E-state index in [9.17, 15) is 4.79 Å². The van der Waals surface area contributed by atoms with Gasteiger partial charge in [-0.25, -0.2) is 0 Å². The van der Waals surface area contributed by atoms with Gasteiger partial charge in [0, 0.05) is 21.0 Å².